The van der Waals surface area contributed by atoms with Gasteiger partial charge in [0.25, 0.3) is 0 Å². The molecule has 0 bridgehead atoms. The molecule has 0 aliphatic carbocycles. The molecule has 0 atom stereocenters. The largest absolute Gasteiger partial charge is 0.344 e. The predicted octanol–water partition coefficient (Wildman–Crippen LogP) is 2.87. The SMILES string of the molecule is CC(=O)N(C)C(C)C.Cc1ccccc1. The molecule has 1 aromatic carbocycles. The lowest BCUT2D eigenvalue weighted by Gasteiger charge is -2.18. The second-order valence-corrected chi connectivity index (χ2v) is 3.88. The Bertz CT molecular complexity index is 280. The fourth-order valence-electron chi connectivity index (χ4n) is 0.898. The van der Waals surface area contributed by atoms with Crippen molar-refractivity contribution in [3.8, 4) is 0 Å². The number of nitrogens with zero attached hydrogens (tertiary/aromatic N) is 1. The highest BCUT2D eigenvalue weighted by atomic mass is 16.2. The number of benzene rings is 1. The van der Waals surface area contributed by atoms with Crippen molar-refractivity contribution in [3.63, 3.8) is 0 Å². The van der Waals surface area contributed by atoms with E-state index in [-0.39, 0.29) is 5.91 Å². The quantitative estimate of drug-likeness (QED) is 0.693. The number of carbonyl (C=O) groups excluding carboxylic acids is 1. The lowest BCUT2D eigenvalue weighted by Crippen LogP contribution is -2.30. The van der Waals surface area contributed by atoms with Crippen LogP contribution in [0.1, 0.15) is 26.3 Å². The summed E-state index contributed by atoms with van der Waals surface area (Å²) in [6.07, 6.45) is 0. The Hall–Kier alpha value is -1.31. The van der Waals surface area contributed by atoms with Crippen LogP contribution in [0.5, 0.6) is 0 Å². The van der Waals surface area contributed by atoms with Gasteiger partial charge in [-0.2, -0.15) is 0 Å². The molecule has 0 spiro atoms. The second kappa shape index (κ2) is 7.04. The van der Waals surface area contributed by atoms with Crippen molar-refractivity contribution in [1.29, 1.82) is 0 Å². The van der Waals surface area contributed by atoms with Gasteiger partial charge in [0.1, 0.15) is 0 Å². The minimum absolute atomic E-state index is 0.125. The van der Waals surface area contributed by atoms with Crippen LogP contribution in [-0.4, -0.2) is 23.9 Å². The Balaban J connectivity index is 0.000000262. The zero-order valence-electron chi connectivity index (χ0n) is 10.3. The molecule has 0 unspecified atom stereocenters. The standard InChI is InChI=1S/C7H8.C6H13NO/c1-7-5-3-2-4-6-7;1-5(2)7(4)6(3)8/h2-6H,1H3;5H,1-4H3. The van der Waals surface area contributed by atoms with Crippen LogP contribution < -0.4 is 0 Å². The fraction of sp³-hybridized carbons (Fsp3) is 0.462. The zero-order valence-corrected chi connectivity index (χ0v) is 10.3. The molecule has 15 heavy (non-hydrogen) atoms. The first-order valence-electron chi connectivity index (χ1n) is 5.20. The summed E-state index contributed by atoms with van der Waals surface area (Å²) in [5.74, 6) is 0.125. The van der Waals surface area contributed by atoms with E-state index in [1.54, 1.807) is 18.9 Å². The van der Waals surface area contributed by atoms with Crippen molar-refractivity contribution >= 4 is 5.91 Å². The van der Waals surface area contributed by atoms with Crippen LogP contribution in [0.3, 0.4) is 0 Å². The Labute approximate surface area is 92.9 Å². The Morgan fingerprint density at radius 1 is 1.20 bits per heavy atom. The van der Waals surface area contributed by atoms with Gasteiger partial charge in [0, 0.05) is 20.0 Å². The first kappa shape index (κ1) is 13.7. The van der Waals surface area contributed by atoms with Gasteiger partial charge in [-0.15, -0.1) is 0 Å². The van der Waals surface area contributed by atoms with Gasteiger partial charge in [-0.1, -0.05) is 35.9 Å². The molecule has 84 valence electrons. The van der Waals surface area contributed by atoms with Crippen LogP contribution in [0.15, 0.2) is 30.3 Å². The minimum Gasteiger partial charge on any atom is -0.344 e. The van der Waals surface area contributed by atoms with Crippen LogP contribution in [-0.2, 0) is 4.79 Å². The topological polar surface area (TPSA) is 20.3 Å². The van der Waals surface area contributed by atoms with E-state index in [1.807, 2.05) is 32.0 Å². The average Bonchev–Trinajstić information content (AvgIpc) is 2.18. The monoisotopic (exact) mass is 207 g/mol. The number of carbonyl (C=O) groups is 1. The maximum Gasteiger partial charge on any atom is 0.219 e. The van der Waals surface area contributed by atoms with E-state index in [0.717, 1.165) is 0 Å². The fourth-order valence-corrected chi connectivity index (χ4v) is 0.898. The van der Waals surface area contributed by atoms with Gasteiger partial charge in [-0.05, 0) is 20.8 Å². The predicted molar refractivity (Wildman–Crippen MR) is 64.8 cm³/mol. The van der Waals surface area contributed by atoms with E-state index in [0.29, 0.717) is 6.04 Å². The number of hydrogen-bond acceptors (Lipinski definition) is 1. The highest BCUT2D eigenvalue weighted by molar-refractivity contribution is 5.73. The third-order valence-electron chi connectivity index (χ3n) is 2.21. The van der Waals surface area contributed by atoms with Crippen molar-refractivity contribution in [2.75, 3.05) is 7.05 Å². The third kappa shape index (κ3) is 6.72. The van der Waals surface area contributed by atoms with Gasteiger partial charge in [-0.25, -0.2) is 0 Å². The van der Waals surface area contributed by atoms with E-state index >= 15 is 0 Å². The Morgan fingerprint density at radius 3 is 1.80 bits per heavy atom. The highest BCUT2D eigenvalue weighted by Gasteiger charge is 2.03. The third-order valence-corrected chi connectivity index (χ3v) is 2.21. The molecule has 0 N–H and O–H groups in total. The highest BCUT2D eigenvalue weighted by Crippen LogP contribution is 1.92. The molecule has 0 heterocycles. The summed E-state index contributed by atoms with van der Waals surface area (Å²) in [6.45, 7) is 7.63. The summed E-state index contributed by atoms with van der Waals surface area (Å²) in [4.78, 5) is 12.2. The summed E-state index contributed by atoms with van der Waals surface area (Å²) >= 11 is 0. The van der Waals surface area contributed by atoms with Crippen molar-refractivity contribution in [3.05, 3.63) is 35.9 Å². The number of aryl methyl sites for hydroxylation is 1. The van der Waals surface area contributed by atoms with Crippen molar-refractivity contribution in [2.45, 2.75) is 33.7 Å². The van der Waals surface area contributed by atoms with E-state index in [4.69, 9.17) is 0 Å². The zero-order chi connectivity index (χ0) is 11.8. The number of hydrogen-bond donors (Lipinski definition) is 0. The summed E-state index contributed by atoms with van der Waals surface area (Å²) in [5.41, 5.74) is 1.32. The number of rotatable bonds is 1. The lowest BCUT2D eigenvalue weighted by atomic mass is 10.2. The average molecular weight is 207 g/mol. The van der Waals surface area contributed by atoms with Gasteiger partial charge < -0.3 is 4.90 Å². The molecule has 0 radical (unpaired) electrons. The van der Waals surface area contributed by atoms with Crippen LogP contribution in [0.4, 0.5) is 0 Å². The van der Waals surface area contributed by atoms with Crippen LogP contribution in [0.2, 0.25) is 0 Å². The van der Waals surface area contributed by atoms with E-state index in [1.165, 1.54) is 5.56 Å². The van der Waals surface area contributed by atoms with Crippen LogP contribution in [0, 0.1) is 6.92 Å². The second-order valence-electron chi connectivity index (χ2n) is 3.88. The maximum absolute atomic E-state index is 10.5. The van der Waals surface area contributed by atoms with E-state index in [2.05, 4.69) is 19.1 Å². The smallest absolute Gasteiger partial charge is 0.219 e. The molecule has 0 saturated heterocycles. The van der Waals surface area contributed by atoms with Gasteiger partial charge in [-0.3, -0.25) is 4.79 Å². The summed E-state index contributed by atoms with van der Waals surface area (Å²) in [7, 11) is 1.80. The molecular formula is C13H21NO. The van der Waals surface area contributed by atoms with Gasteiger partial charge >= 0.3 is 0 Å². The molecule has 0 aliphatic heterocycles. The molecule has 1 aromatic rings. The molecule has 1 rings (SSSR count). The Kier molecular flexibility index (Phi) is 6.43. The molecule has 2 nitrogen and oxygen atoms in total. The van der Waals surface area contributed by atoms with Gasteiger partial charge in [0.05, 0.1) is 0 Å². The normalized spacial score (nSPS) is 9.20. The molecule has 1 amide bonds. The summed E-state index contributed by atoms with van der Waals surface area (Å²) < 4.78 is 0. The maximum atomic E-state index is 10.5. The molecule has 0 fully saturated rings. The van der Waals surface area contributed by atoms with Crippen molar-refractivity contribution < 1.29 is 4.79 Å². The first-order valence-corrected chi connectivity index (χ1v) is 5.20. The van der Waals surface area contributed by atoms with Gasteiger partial charge in [0.15, 0.2) is 0 Å². The van der Waals surface area contributed by atoms with Crippen LogP contribution >= 0.6 is 0 Å². The molecule has 0 saturated carbocycles. The van der Waals surface area contributed by atoms with Gasteiger partial charge in [0.2, 0.25) is 5.91 Å². The minimum atomic E-state index is 0.125. The first-order chi connectivity index (χ1) is 6.95. The summed E-state index contributed by atoms with van der Waals surface area (Å²) in [6, 6.07) is 10.6. The van der Waals surface area contributed by atoms with E-state index in [9.17, 15) is 4.79 Å². The lowest BCUT2D eigenvalue weighted by molar-refractivity contribution is -0.128. The molecule has 2 heteroatoms. The molecule has 0 aliphatic rings. The number of amides is 1. The Morgan fingerprint density at radius 2 is 1.67 bits per heavy atom. The molecule has 0 aromatic heterocycles. The molecular weight excluding hydrogens is 186 g/mol. The van der Waals surface area contributed by atoms with Crippen molar-refractivity contribution in [1.82, 2.24) is 4.90 Å². The van der Waals surface area contributed by atoms with Crippen LogP contribution in [0.25, 0.3) is 0 Å². The summed E-state index contributed by atoms with van der Waals surface area (Å²) in [5, 5.41) is 0. The van der Waals surface area contributed by atoms with E-state index < -0.39 is 0 Å². The van der Waals surface area contributed by atoms with Crippen molar-refractivity contribution in [2.24, 2.45) is 0 Å².